The van der Waals surface area contributed by atoms with Gasteiger partial charge in [0.2, 0.25) is 0 Å². The Labute approximate surface area is 92.0 Å². The lowest BCUT2D eigenvalue weighted by Crippen LogP contribution is -2.04. The molecule has 2 rings (SSSR count). The fraction of sp³-hybridized carbons (Fsp3) is 0.0769. The number of benzene rings is 1. The van der Waals surface area contributed by atoms with Gasteiger partial charge in [-0.1, -0.05) is 6.07 Å². The first-order valence-corrected chi connectivity index (χ1v) is 4.86. The second-order valence-electron chi connectivity index (χ2n) is 3.51. The van der Waals surface area contributed by atoms with E-state index in [1.54, 1.807) is 6.07 Å². The maximum atomic E-state index is 11.9. The van der Waals surface area contributed by atoms with Crippen LogP contribution in [0, 0.1) is 6.92 Å². The Bertz CT molecular complexity index is 621. The van der Waals surface area contributed by atoms with Crippen LogP contribution in [0.25, 0.3) is 17.0 Å². The first-order chi connectivity index (χ1) is 7.72. The van der Waals surface area contributed by atoms with Gasteiger partial charge in [0.15, 0.2) is 5.43 Å². The molecule has 3 nitrogen and oxygen atoms in total. The van der Waals surface area contributed by atoms with E-state index in [0.29, 0.717) is 22.8 Å². The number of fused-ring (bicyclic) bond motifs is 1. The van der Waals surface area contributed by atoms with E-state index in [2.05, 4.69) is 0 Å². The van der Waals surface area contributed by atoms with Crippen molar-refractivity contribution in [1.29, 1.82) is 0 Å². The molecule has 0 fully saturated rings. The van der Waals surface area contributed by atoms with Crippen LogP contribution in [-0.4, -0.2) is 6.29 Å². The van der Waals surface area contributed by atoms with E-state index >= 15 is 0 Å². The zero-order valence-corrected chi connectivity index (χ0v) is 8.77. The maximum absolute atomic E-state index is 11.9. The van der Waals surface area contributed by atoms with Crippen molar-refractivity contribution in [2.75, 3.05) is 0 Å². The van der Waals surface area contributed by atoms with E-state index in [1.807, 2.05) is 19.1 Å². The van der Waals surface area contributed by atoms with Crippen LogP contribution in [0.4, 0.5) is 0 Å². The minimum Gasteiger partial charge on any atom is -0.463 e. The Morgan fingerprint density at radius 1 is 1.31 bits per heavy atom. The predicted molar refractivity (Wildman–Crippen MR) is 62.3 cm³/mol. The van der Waals surface area contributed by atoms with E-state index in [4.69, 9.17) is 4.42 Å². The van der Waals surface area contributed by atoms with Crippen LogP contribution < -0.4 is 5.43 Å². The van der Waals surface area contributed by atoms with Crippen molar-refractivity contribution in [2.45, 2.75) is 6.92 Å². The highest BCUT2D eigenvalue weighted by atomic mass is 16.3. The number of allylic oxidation sites excluding steroid dienone is 1. The standard InChI is InChI=1S/C13H10O3/c1-9-4-5-11-12(7-9)16-8-10(13(11)15)3-2-6-14/h2-8H,1H3/b3-2+. The largest absolute Gasteiger partial charge is 0.463 e. The summed E-state index contributed by atoms with van der Waals surface area (Å²) in [7, 11) is 0. The van der Waals surface area contributed by atoms with Crippen LogP contribution in [0.15, 0.2) is 39.7 Å². The molecule has 0 radical (unpaired) electrons. The van der Waals surface area contributed by atoms with Crippen molar-refractivity contribution < 1.29 is 9.21 Å². The Morgan fingerprint density at radius 2 is 2.12 bits per heavy atom. The molecule has 0 saturated carbocycles. The summed E-state index contributed by atoms with van der Waals surface area (Å²) < 4.78 is 5.33. The van der Waals surface area contributed by atoms with E-state index in [-0.39, 0.29) is 5.43 Å². The first-order valence-electron chi connectivity index (χ1n) is 4.86. The summed E-state index contributed by atoms with van der Waals surface area (Å²) in [5.74, 6) is 0. The fourth-order valence-electron chi connectivity index (χ4n) is 1.51. The van der Waals surface area contributed by atoms with E-state index in [0.717, 1.165) is 5.56 Å². The number of carbonyl (C=O) groups is 1. The van der Waals surface area contributed by atoms with Gasteiger partial charge in [0, 0.05) is 0 Å². The molecule has 1 aromatic heterocycles. The van der Waals surface area contributed by atoms with Crippen LogP contribution in [0.1, 0.15) is 11.1 Å². The lowest BCUT2D eigenvalue weighted by molar-refractivity contribution is -0.104. The van der Waals surface area contributed by atoms with Gasteiger partial charge in [-0.3, -0.25) is 9.59 Å². The Kier molecular flexibility index (Phi) is 2.68. The van der Waals surface area contributed by atoms with Crippen molar-refractivity contribution in [1.82, 2.24) is 0 Å². The molecule has 0 bridgehead atoms. The number of hydrogen-bond acceptors (Lipinski definition) is 3. The quantitative estimate of drug-likeness (QED) is 0.569. The van der Waals surface area contributed by atoms with Crippen molar-refractivity contribution >= 4 is 23.3 Å². The van der Waals surface area contributed by atoms with Crippen molar-refractivity contribution in [3.8, 4) is 0 Å². The number of carbonyl (C=O) groups excluding carboxylic acids is 1. The first kappa shape index (κ1) is 10.4. The number of hydrogen-bond donors (Lipinski definition) is 0. The van der Waals surface area contributed by atoms with Gasteiger partial charge >= 0.3 is 0 Å². The van der Waals surface area contributed by atoms with Gasteiger partial charge in [0.25, 0.3) is 0 Å². The summed E-state index contributed by atoms with van der Waals surface area (Å²) in [6, 6.07) is 5.39. The molecule has 1 heterocycles. The lowest BCUT2D eigenvalue weighted by Gasteiger charge is -1.99. The molecule has 3 heteroatoms. The number of aldehydes is 1. The summed E-state index contributed by atoms with van der Waals surface area (Å²) in [4.78, 5) is 22.1. The normalized spacial score (nSPS) is 11.1. The SMILES string of the molecule is Cc1ccc2c(=O)c(/C=C/C=O)coc2c1. The molecule has 16 heavy (non-hydrogen) atoms. The summed E-state index contributed by atoms with van der Waals surface area (Å²) >= 11 is 0. The average Bonchev–Trinajstić information content (AvgIpc) is 2.28. The minimum absolute atomic E-state index is 0.126. The molecular weight excluding hydrogens is 204 g/mol. The summed E-state index contributed by atoms with van der Waals surface area (Å²) in [5, 5.41) is 0.527. The van der Waals surface area contributed by atoms with Gasteiger partial charge in [0.1, 0.15) is 18.1 Å². The monoisotopic (exact) mass is 214 g/mol. The number of rotatable bonds is 2. The average molecular weight is 214 g/mol. The number of aryl methyl sites for hydroxylation is 1. The van der Waals surface area contributed by atoms with E-state index in [1.165, 1.54) is 18.4 Å². The van der Waals surface area contributed by atoms with Crippen LogP contribution in [0.5, 0.6) is 0 Å². The van der Waals surface area contributed by atoms with Gasteiger partial charge in [-0.25, -0.2) is 0 Å². The molecule has 0 saturated heterocycles. The van der Waals surface area contributed by atoms with Crippen molar-refractivity contribution in [2.24, 2.45) is 0 Å². The lowest BCUT2D eigenvalue weighted by atomic mass is 10.1. The van der Waals surface area contributed by atoms with Crippen LogP contribution >= 0.6 is 0 Å². The summed E-state index contributed by atoms with van der Waals surface area (Å²) in [5.41, 5.74) is 1.85. The van der Waals surface area contributed by atoms with Gasteiger partial charge in [-0.2, -0.15) is 0 Å². The van der Waals surface area contributed by atoms with Crippen LogP contribution in [-0.2, 0) is 4.79 Å². The smallest absolute Gasteiger partial charge is 0.199 e. The Hall–Kier alpha value is -2.16. The molecule has 2 aromatic rings. The topological polar surface area (TPSA) is 47.3 Å². The van der Waals surface area contributed by atoms with Gasteiger partial charge in [-0.15, -0.1) is 0 Å². The third kappa shape index (κ3) is 1.80. The highest BCUT2D eigenvalue weighted by Gasteiger charge is 2.04. The zero-order chi connectivity index (χ0) is 11.5. The molecule has 0 unspecified atom stereocenters. The maximum Gasteiger partial charge on any atom is 0.199 e. The molecular formula is C13H10O3. The second kappa shape index (κ2) is 4.14. The molecule has 0 aliphatic rings. The van der Waals surface area contributed by atoms with Gasteiger partial charge < -0.3 is 4.42 Å². The van der Waals surface area contributed by atoms with E-state index in [9.17, 15) is 9.59 Å². The molecule has 0 amide bonds. The van der Waals surface area contributed by atoms with Gasteiger partial charge in [-0.05, 0) is 36.8 Å². The van der Waals surface area contributed by atoms with E-state index < -0.39 is 0 Å². The molecule has 0 aliphatic carbocycles. The van der Waals surface area contributed by atoms with Crippen LogP contribution in [0.3, 0.4) is 0 Å². The second-order valence-corrected chi connectivity index (χ2v) is 3.51. The zero-order valence-electron chi connectivity index (χ0n) is 8.77. The molecule has 80 valence electrons. The molecule has 0 aliphatic heterocycles. The van der Waals surface area contributed by atoms with Crippen molar-refractivity contribution in [3.05, 3.63) is 51.9 Å². The fourth-order valence-corrected chi connectivity index (χ4v) is 1.51. The Balaban J connectivity index is 2.70. The molecule has 1 aromatic carbocycles. The minimum atomic E-state index is -0.126. The summed E-state index contributed by atoms with van der Waals surface area (Å²) in [6.45, 7) is 1.93. The highest BCUT2D eigenvalue weighted by Crippen LogP contribution is 2.13. The molecule has 0 spiro atoms. The molecule has 0 atom stereocenters. The predicted octanol–water partition coefficient (Wildman–Crippen LogP) is 2.31. The van der Waals surface area contributed by atoms with Gasteiger partial charge in [0.05, 0.1) is 10.9 Å². The van der Waals surface area contributed by atoms with Crippen molar-refractivity contribution in [3.63, 3.8) is 0 Å². The third-order valence-electron chi connectivity index (χ3n) is 2.31. The third-order valence-corrected chi connectivity index (χ3v) is 2.31. The highest BCUT2D eigenvalue weighted by molar-refractivity contribution is 5.81. The Morgan fingerprint density at radius 3 is 2.88 bits per heavy atom. The summed E-state index contributed by atoms with van der Waals surface area (Å²) in [6.07, 6.45) is 4.70. The van der Waals surface area contributed by atoms with Crippen LogP contribution in [0.2, 0.25) is 0 Å². The molecule has 0 N–H and O–H groups in total.